The fourth-order valence-corrected chi connectivity index (χ4v) is 1.70. The molecule has 0 saturated heterocycles. The summed E-state index contributed by atoms with van der Waals surface area (Å²) in [5.41, 5.74) is 0. The predicted octanol–water partition coefficient (Wildman–Crippen LogP) is 0.674. The molecule has 1 aliphatic rings. The van der Waals surface area contributed by atoms with E-state index in [1.165, 1.54) is 0 Å². The molecule has 0 radical (unpaired) electrons. The molecule has 1 amide bonds. The third kappa shape index (κ3) is 2.48. The molecule has 0 heterocycles. The predicted molar refractivity (Wildman–Crippen MR) is 46.6 cm³/mol. The number of rotatable bonds is 3. The van der Waals surface area contributed by atoms with Crippen LogP contribution in [0, 0.1) is 5.92 Å². The molecule has 70 valence electrons. The van der Waals surface area contributed by atoms with Crippen molar-refractivity contribution in [1.29, 1.82) is 0 Å². The minimum absolute atomic E-state index is 0.124. The van der Waals surface area contributed by atoms with Crippen molar-refractivity contribution in [2.24, 2.45) is 5.92 Å². The molecule has 2 atom stereocenters. The Hall–Kier alpha value is -0.570. The minimum Gasteiger partial charge on any atom is -0.396 e. The maximum absolute atomic E-state index is 11.0. The van der Waals surface area contributed by atoms with Crippen molar-refractivity contribution in [1.82, 2.24) is 5.32 Å². The molecule has 3 heteroatoms. The molecule has 0 aromatic carbocycles. The van der Waals surface area contributed by atoms with Gasteiger partial charge in [-0.05, 0) is 25.2 Å². The lowest BCUT2D eigenvalue weighted by Crippen LogP contribution is -2.32. The lowest BCUT2D eigenvalue weighted by Gasteiger charge is -2.11. The zero-order valence-electron chi connectivity index (χ0n) is 7.55. The first kappa shape index (κ1) is 9.52. The van der Waals surface area contributed by atoms with E-state index in [4.69, 9.17) is 5.11 Å². The van der Waals surface area contributed by atoms with Gasteiger partial charge in [0.25, 0.3) is 0 Å². The van der Waals surface area contributed by atoms with Gasteiger partial charge < -0.3 is 10.4 Å². The van der Waals surface area contributed by atoms with E-state index in [2.05, 4.69) is 5.32 Å². The largest absolute Gasteiger partial charge is 0.396 e. The number of carbonyl (C=O) groups is 1. The lowest BCUT2D eigenvalue weighted by atomic mass is 10.1. The van der Waals surface area contributed by atoms with Gasteiger partial charge in [-0.3, -0.25) is 4.79 Å². The third-order valence-electron chi connectivity index (χ3n) is 2.49. The van der Waals surface area contributed by atoms with Crippen molar-refractivity contribution in [3.05, 3.63) is 0 Å². The van der Waals surface area contributed by atoms with Crippen molar-refractivity contribution in [3.8, 4) is 0 Å². The normalized spacial score (nSPS) is 28.8. The van der Waals surface area contributed by atoms with E-state index >= 15 is 0 Å². The lowest BCUT2D eigenvalue weighted by molar-refractivity contribution is -0.121. The van der Waals surface area contributed by atoms with E-state index in [-0.39, 0.29) is 12.5 Å². The highest BCUT2D eigenvalue weighted by Gasteiger charge is 2.24. The maximum Gasteiger partial charge on any atom is 0.219 e. The molecule has 0 bridgehead atoms. The standard InChI is InChI=1S/C9H17NO2/c1-2-9(12)10-8-4-3-7(5-8)6-11/h7-8,11H,2-6H2,1H3,(H,10,12)/t7-,8+/m0/s1. The van der Waals surface area contributed by atoms with E-state index in [0.717, 1.165) is 19.3 Å². The van der Waals surface area contributed by atoms with Crippen LogP contribution in [0.5, 0.6) is 0 Å². The van der Waals surface area contributed by atoms with E-state index in [9.17, 15) is 4.79 Å². The van der Waals surface area contributed by atoms with Crippen LogP contribution in [0.25, 0.3) is 0 Å². The second-order valence-electron chi connectivity index (χ2n) is 3.48. The number of aliphatic hydroxyl groups is 1. The summed E-state index contributed by atoms with van der Waals surface area (Å²) in [5, 5.41) is 11.8. The Kier molecular flexibility index (Phi) is 3.53. The quantitative estimate of drug-likeness (QED) is 0.656. The van der Waals surface area contributed by atoms with Gasteiger partial charge in [0.05, 0.1) is 0 Å². The molecule has 2 N–H and O–H groups in total. The van der Waals surface area contributed by atoms with E-state index in [0.29, 0.717) is 18.4 Å². The number of amides is 1. The average Bonchev–Trinajstić information content (AvgIpc) is 2.52. The van der Waals surface area contributed by atoms with E-state index in [1.54, 1.807) is 0 Å². The molecule has 12 heavy (non-hydrogen) atoms. The van der Waals surface area contributed by atoms with Crippen LogP contribution in [0.2, 0.25) is 0 Å². The Morgan fingerprint density at radius 3 is 2.83 bits per heavy atom. The van der Waals surface area contributed by atoms with Crippen LogP contribution in [-0.4, -0.2) is 23.7 Å². The van der Waals surface area contributed by atoms with Crippen molar-refractivity contribution < 1.29 is 9.90 Å². The molecule has 1 saturated carbocycles. The van der Waals surface area contributed by atoms with Crippen LogP contribution >= 0.6 is 0 Å². The molecule has 0 spiro atoms. The summed E-state index contributed by atoms with van der Waals surface area (Å²) >= 11 is 0. The molecule has 1 aliphatic carbocycles. The highest BCUT2D eigenvalue weighted by atomic mass is 16.3. The summed E-state index contributed by atoms with van der Waals surface area (Å²) in [6.45, 7) is 2.12. The Labute approximate surface area is 73.2 Å². The highest BCUT2D eigenvalue weighted by molar-refractivity contribution is 5.75. The third-order valence-corrected chi connectivity index (χ3v) is 2.49. The molecule has 0 unspecified atom stereocenters. The van der Waals surface area contributed by atoms with Gasteiger partial charge in [0.1, 0.15) is 0 Å². The van der Waals surface area contributed by atoms with E-state index in [1.807, 2.05) is 6.92 Å². The number of nitrogens with one attached hydrogen (secondary N) is 1. The number of hydrogen-bond donors (Lipinski definition) is 2. The first-order valence-corrected chi connectivity index (χ1v) is 4.66. The van der Waals surface area contributed by atoms with Crippen LogP contribution < -0.4 is 5.32 Å². The molecule has 3 nitrogen and oxygen atoms in total. The average molecular weight is 171 g/mol. The van der Waals surface area contributed by atoms with Crippen molar-refractivity contribution in [2.45, 2.75) is 38.6 Å². The van der Waals surface area contributed by atoms with Gasteiger partial charge in [-0.2, -0.15) is 0 Å². The van der Waals surface area contributed by atoms with Gasteiger partial charge in [0.15, 0.2) is 0 Å². The molecule has 0 aliphatic heterocycles. The zero-order valence-corrected chi connectivity index (χ0v) is 7.55. The Bertz CT molecular complexity index is 159. The Balaban J connectivity index is 2.23. The van der Waals surface area contributed by atoms with E-state index < -0.39 is 0 Å². The first-order chi connectivity index (χ1) is 5.76. The van der Waals surface area contributed by atoms with Gasteiger partial charge >= 0.3 is 0 Å². The Morgan fingerprint density at radius 2 is 2.33 bits per heavy atom. The molecule has 0 aromatic rings. The summed E-state index contributed by atoms with van der Waals surface area (Å²) in [4.78, 5) is 11.0. The topological polar surface area (TPSA) is 49.3 Å². The molecule has 0 aromatic heterocycles. The van der Waals surface area contributed by atoms with Crippen LogP contribution in [0.15, 0.2) is 0 Å². The smallest absolute Gasteiger partial charge is 0.219 e. The summed E-state index contributed by atoms with van der Waals surface area (Å²) < 4.78 is 0. The summed E-state index contributed by atoms with van der Waals surface area (Å²) in [6.07, 6.45) is 3.57. The fraction of sp³-hybridized carbons (Fsp3) is 0.889. The summed E-state index contributed by atoms with van der Waals surface area (Å²) in [6, 6.07) is 0.314. The first-order valence-electron chi connectivity index (χ1n) is 4.66. The maximum atomic E-state index is 11.0. The van der Waals surface area contributed by atoms with Crippen LogP contribution in [0.3, 0.4) is 0 Å². The number of carbonyl (C=O) groups excluding carboxylic acids is 1. The monoisotopic (exact) mass is 171 g/mol. The zero-order chi connectivity index (χ0) is 8.97. The number of hydrogen-bond acceptors (Lipinski definition) is 2. The van der Waals surface area contributed by atoms with Crippen molar-refractivity contribution >= 4 is 5.91 Å². The van der Waals surface area contributed by atoms with Gasteiger partial charge in [-0.15, -0.1) is 0 Å². The second kappa shape index (κ2) is 4.45. The second-order valence-corrected chi connectivity index (χ2v) is 3.48. The molecule has 1 rings (SSSR count). The molecular formula is C9H17NO2. The van der Waals surface area contributed by atoms with Gasteiger partial charge in [-0.1, -0.05) is 6.92 Å². The molecular weight excluding hydrogens is 154 g/mol. The summed E-state index contributed by atoms with van der Waals surface area (Å²) in [5.74, 6) is 0.533. The van der Waals surface area contributed by atoms with Crippen LogP contribution in [0.4, 0.5) is 0 Å². The SMILES string of the molecule is CCC(=O)N[C@@H]1CC[C@H](CO)C1. The van der Waals surface area contributed by atoms with Gasteiger partial charge in [0, 0.05) is 19.1 Å². The number of aliphatic hydroxyl groups excluding tert-OH is 1. The van der Waals surface area contributed by atoms with Crippen LogP contribution in [0.1, 0.15) is 32.6 Å². The summed E-state index contributed by atoms with van der Waals surface area (Å²) in [7, 11) is 0. The highest BCUT2D eigenvalue weighted by Crippen LogP contribution is 2.24. The fourth-order valence-electron chi connectivity index (χ4n) is 1.70. The van der Waals surface area contributed by atoms with Gasteiger partial charge in [-0.25, -0.2) is 0 Å². The minimum atomic E-state index is 0.124. The van der Waals surface area contributed by atoms with Crippen LogP contribution in [-0.2, 0) is 4.79 Å². The molecule has 1 fully saturated rings. The van der Waals surface area contributed by atoms with Gasteiger partial charge in [0.2, 0.25) is 5.91 Å². The van der Waals surface area contributed by atoms with Crippen molar-refractivity contribution in [2.75, 3.05) is 6.61 Å². The van der Waals surface area contributed by atoms with Crippen molar-refractivity contribution in [3.63, 3.8) is 0 Å². The Morgan fingerprint density at radius 1 is 1.58 bits per heavy atom.